The molecule has 0 radical (unpaired) electrons. The Labute approximate surface area is 47.9 Å². The van der Waals surface area contributed by atoms with E-state index in [0.717, 1.165) is 11.3 Å². The van der Waals surface area contributed by atoms with Crippen LogP contribution in [-0.2, 0) is 0 Å². The zero-order valence-corrected chi connectivity index (χ0v) is 5.00. The Balaban J connectivity index is 2.12. The molecule has 1 N–H and O–H groups in total. The van der Waals surface area contributed by atoms with Crippen molar-refractivity contribution in [1.82, 2.24) is 5.32 Å². The first-order chi connectivity index (χ1) is 3.45. The van der Waals surface area contributed by atoms with Crippen molar-refractivity contribution in [1.29, 1.82) is 0 Å². The third kappa shape index (κ3) is 0.572. The van der Waals surface area contributed by atoms with Gasteiger partial charge < -0.3 is 5.32 Å². The van der Waals surface area contributed by atoms with Gasteiger partial charge in [0.2, 0.25) is 0 Å². The molecule has 2 atom stereocenters. The number of hydrogen-bond donors (Lipinski definition) is 1. The maximum absolute atomic E-state index is 3.44. The molecule has 7 heavy (non-hydrogen) atoms. The van der Waals surface area contributed by atoms with Crippen molar-refractivity contribution in [2.24, 2.45) is 0 Å². The van der Waals surface area contributed by atoms with Crippen LogP contribution in [0.15, 0.2) is 0 Å². The predicted molar refractivity (Wildman–Crippen MR) is 32.7 cm³/mol. The minimum absolute atomic E-state index is 0.884. The molecule has 0 aromatic heterocycles. The van der Waals surface area contributed by atoms with Gasteiger partial charge in [0, 0.05) is 23.6 Å². The first-order valence-corrected chi connectivity index (χ1v) is 3.85. The van der Waals surface area contributed by atoms with E-state index >= 15 is 0 Å². The Morgan fingerprint density at radius 2 is 2.57 bits per heavy atom. The SMILES string of the molecule is C1N[C@H]2CSC1C2. The average molecular weight is 115 g/mol. The molecule has 2 fully saturated rings. The van der Waals surface area contributed by atoms with E-state index < -0.39 is 0 Å². The maximum Gasteiger partial charge on any atom is 0.0188 e. The smallest absolute Gasteiger partial charge is 0.0188 e. The molecule has 40 valence electrons. The van der Waals surface area contributed by atoms with Gasteiger partial charge in [-0.1, -0.05) is 0 Å². The summed E-state index contributed by atoms with van der Waals surface area (Å²) in [5.41, 5.74) is 0. The summed E-state index contributed by atoms with van der Waals surface area (Å²) in [4.78, 5) is 0. The van der Waals surface area contributed by atoms with Crippen molar-refractivity contribution < 1.29 is 0 Å². The summed E-state index contributed by atoms with van der Waals surface area (Å²) in [6, 6.07) is 0.884. The molecule has 2 heteroatoms. The molecule has 2 aliphatic heterocycles. The van der Waals surface area contributed by atoms with Crippen LogP contribution in [0, 0.1) is 0 Å². The zero-order chi connectivity index (χ0) is 4.69. The summed E-state index contributed by atoms with van der Waals surface area (Å²) in [5.74, 6) is 1.37. The van der Waals surface area contributed by atoms with Gasteiger partial charge in [0.05, 0.1) is 0 Å². The molecule has 0 amide bonds. The van der Waals surface area contributed by atoms with E-state index in [4.69, 9.17) is 0 Å². The standard InChI is InChI=1S/C5H9NS/c1-4-3-7-5(1)2-6-4/h4-6H,1-3H2/t4-,5?/m1/s1. The molecule has 0 aromatic rings. The lowest BCUT2D eigenvalue weighted by Gasteiger charge is -2.08. The highest BCUT2D eigenvalue weighted by Gasteiger charge is 2.30. The number of nitrogens with one attached hydrogen (secondary N) is 1. The summed E-state index contributed by atoms with van der Waals surface area (Å²) in [6.07, 6.45) is 1.44. The van der Waals surface area contributed by atoms with E-state index in [2.05, 4.69) is 17.1 Å². The van der Waals surface area contributed by atoms with Gasteiger partial charge in [-0.2, -0.15) is 11.8 Å². The monoisotopic (exact) mass is 115 g/mol. The van der Waals surface area contributed by atoms with Crippen molar-refractivity contribution in [2.75, 3.05) is 12.3 Å². The van der Waals surface area contributed by atoms with Crippen LogP contribution in [0.25, 0.3) is 0 Å². The van der Waals surface area contributed by atoms with E-state index in [1.165, 1.54) is 18.7 Å². The van der Waals surface area contributed by atoms with Crippen molar-refractivity contribution in [3.8, 4) is 0 Å². The molecule has 0 aliphatic carbocycles. The van der Waals surface area contributed by atoms with Crippen molar-refractivity contribution in [2.45, 2.75) is 17.7 Å². The first-order valence-electron chi connectivity index (χ1n) is 2.80. The van der Waals surface area contributed by atoms with Crippen molar-refractivity contribution in [3.05, 3.63) is 0 Å². The van der Waals surface area contributed by atoms with Crippen molar-refractivity contribution in [3.63, 3.8) is 0 Å². The number of thioether (sulfide) groups is 1. The van der Waals surface area contributed by atoms with Gasteiger partial charge in [0.15, 0.2) is 0 Å². The van der Waals surface area contributed by atoms with Crippen LogP contribution in [0.5, 0.6) is 0 Å². The second kappa shape index (κ2) is 1.39. The lowest BCUT2D eigenvalue weighted by atomic mass is 10.3. The molecular weight excluding hydrogens is 106 g/mol. The van der Waals surface area contributed by atoms with Crippen LogP contribution in [0.3, 0.4) is 0 Å². The molecule has 1 nitrogen and oxygen atoms in total. The van der Waals surface area contributed by atoms with Crippen LogP contribution in [-0.4, -0.2) is 23.6 Å². The number of fused-ring (bicyclic) bond motifs is 2. The fourth-order valence-corrected chi connectivity index (χ4v) is 2.63. The largest absolute Gasteiger partial charge is 0.312 e. The first kappa shape index (κ1) is 4.21. The highest BCUT2D eigenvalue weighted by Crippen LogP contribution is 2.30. The highest BCUT2D eigenvalue weighted by atomic mass is 32.2. The third-order valence-corrected chi connectivity index (χ3v) is 3.14. The number of rotatable bonds is 0. The average Bonchev–Trinajstić information content (AvgIpc) is 2.22. The maximum atomic E-state index is 3.44. The Kier molecular flexibility index (Phi) is 0.837. The molecular formula is C5H9NS. The summed E-state index contributed by atoms with van der Waals surface area (Å²) in [6.45, 7) is 1.27. The lowest BCUT2D eigenvalue weighted by Crippen LogP contribution is -2.26. The van der Waals surface area contributed by atoms with Gasteiger partial charge in [0.25, 0.3) is 0 Å². The van der Waals surface area contributed by atoms with Crippen LogP contribution >= 0.6 is 11.8 Å². The predicted octanol–water partition coefficient (Wildman–Crippen LogP) is 0.464. The van der Waals surface area contributed by atoms with Gasteiger partial charge >= 0.3 is 0 Å². The second-order valence-corrected chi connectivity index (χ2v) is 3.63. The number of hydrogen-bond acceptors (Lipinski definition) is 2. The van der Waals surface area contributed by atoms with Gasteiger partial charge in [0.1, 0.15) is 0 Å². The van der Waals surface area contributed by atoms with Crippen LogP contribution < -0.4 is 5.32 Å². The van der Waals surface area contributed by atoms with E-state index in [1.54, 1.807) is 0 Å². The fourth-order valence-electron chi connectivity index (χ4n) is 1.29. The molecule has 0 aromatic carbocycles. The quantitative estimate of drug-likeness (QED) is 0.492. The Morgan fingerprint density at radius 1 is 1.57 bits per heavy atom. The summed E-state index contributed by atoms with van der Waals surface area (Å²) >= 11 is 2.13. The zero-order valence-electron chi connectivity index (χ0n) is 4.18. The molecule has 1 unspecified atom stereocenters. The van der Waals surface area contributed by atoms with Gasteiger partial charge in [-0.15, -0.1) is 0 Å². The second-order valence-electron chi connectivity index (χ2n) is 2.30. The van der Waals surface area contributed by atoms with E-state index in [9.17, 15) is 0 Å². The molecule has 0 saturated carbocycles. The normalized spacial score (nSPS) is 48.0. The van der Waals surface area contributed by atoms with Gasteiger partial charge in [-0.25, -0.2) is 0 Å². The molecule has 2 bridgehead atoms. The molecule has 2 saturated heterocycles. The van der Waals surface area contributed by atoms with Crippen LogP contribution in [0.2, 0.25) is 0 Å². The van der Waals surface area contributed by atoms with Crippen molar-refractivity contribution >= 4 is 11.8 Å². The van der Waals surface area contributed by atoms with Gasteiger partial charge in [-0.3, -0.25) is 0 Å². The summed E-state index contributed by atoms with van der Waals surface area (Å²) in [7, 11) is 0. The minimum atomic E-state index is 0.884. The topological polar surface area (TPSA) is 12.0 Å². The van der Waals surface area contributed by atoms with Crippen LogP contribution in [0.1, 0.15) is 6.42 Å². The van der Waals surface area contributed by atoms with E-state index in [1.807, 2.05) is 0 Å². The summed E-state index contributed by atoms with van der Waals surface area (Å²) in [5, 5.41) is 4.41. The highest BCUT2D eigenvalue weighted by molar-refractivity contribution is 8.00. The Bertz CT molecular complexity index is 66.1. The summed E-state index contributed by atoms with van der Waals surface area (Å²) < 4.78 is 0. The minimum Gasteiger partial charge on any atom is -0.312 e. The molecule has 2 aliphatic rings. The fraction of sp³-hybridized carbons (Fsp3) is 1.00. The van der Waals surface area contributed by atoms with Crippen LogP contribution in [0.4, 0.5) is 0 Å². The lowest BCUT2D eigenvalue weighted by molar-refractivity contribution is 0.679. The van der Waals surface area contributed by atoms with E-state index in [-0.39, 0.29) is 0 Å². The Morgan fingerprint density at radius 3 is 2.71 bits per heavy atom. The molecule has 0 spiro atoms. The molecule has 2 rings (SSSR count). The molecule has 2 heterocycles. The van der Waals surface area contributed by atoms with E-state index in [0.29, 0.717) is 0 Å². The third-order valence-electron chi connectivity index (χ3n) is 1.71. The van der Waals surface area contributed by atoms with Gasteiger partial charge in [-0.05, 0) is 6.42 Å². The Hall–Kier alpha value is 0.310.